The quantitative estimate of drug-likeness (QED) is 0.159. The molecule has 0 bridgehead atoms. The molecule has 0 amide bonds. The van der Waals surface area contributed by atoms with Crippen molar-refractivity contribution in [3.05, 3.63) is 126 Å². The molecule has 6 nitrogen and oxygen atoms in total. The third-order valence-electron chi connectivity index (χ3n) is 10.6. The molecular weight excluding hydrogens is 812 g/mol. The molecule has 262 valence electrons. The van der Waals surface area contributed by atoms with Gasteiger partial charge in [0, 0.05) is 29.6 Å². The van der Waals surface area contributed by atoms with E-state index in [0.29, 0.717) is 29.9 Å². The molecule has 4 heterocycles. The Labute approximate surface area is 316 Å². The van der Waals surface area contributed by atoms with Gasteiger partial charge in [-0.3, -0.25) is 9.98 Å². The van der Waals surface area contributed by atoms with Crippen molar-refractivity contribution < 1.29 is 30.5 Å². The molecule has 3 aliphatic rings. The van der Waals surface area contributed by atoms with Crippen molar-refractivity contribution in [3.8, 4) is 22.8 Å². The molecule has 5 aromatic rings. The van der Waals surface area contributed by atoms with Crippen LogP contribution in [0.4, 0.5) is 17.2 Å². The number of para-hydroxylation sites is 1. The summed E-state index contributed by atoms with van der Waals surface area (Å²) in [6.07, 6.45) is 10.0. The molecule has 8 rings (SSSR count). The third kappa shape index (κ3) is 6.88. The average molecular weight is 856 g/mol. The first-order valence-electron chi connectivity index (χ1n) is 18.0. The average Bonchev–Trinajstić information content (AvgIpc) is 3.63. The summed E-state index contributed by atoms with van der Waals surface area (Å²) in [7, 11) is 0. The zero-order valence-electron chi connectivity index (χ0n) is 30.0. The predicted molar refractivity (Wildman–Crippen MR) is 200 cm³/mol. The van der Waals surface area contributed by atoms with Crippen molar-refractivity contribution >= 4 is 23.1 Å². The Hall–Kier alpha value is -4.28. The summed E-state index contributed by atoms with van der Waals surface area (Å²) < 4.78 is 12.9. The number of aromatic nitrogens is 2. The molecule has 1 saturated carbocycles. The van der Waals surface area contributed by atoms with Crippen LogP contribution in [0.25, 0.3) is 11.3 Å². The molecule has 0 unspecified atom stereocenters. The molecule has 7 heteroatoms. The van der Waals surface area contributed by atoms with Gasteiger partial charge in [0.1, 0.15) is 11.7 Å². The molecule has 1 fully saturated rings. The molecule has 0 saturated heterocycles. The minimum absolute atomic E-state index is 0. The van der Waals surface area contributed by atoms with Gasteiger partial charge in [-0.05, 0) is 71.0 Å². The van der Waals surface area contributed by atoms with Crippen LogP contribution in [-0.4, -0.2) is 28.5 Å². The number of pyridine rings is 2. The third-order valence-corrected chi connectivity index (χ3v) is 10.6. The van der Waals surface area contributed by atoms with Gasteiger partial charge in [0.15, 0.2) is 0 Å². The van der Waals surface area contributed by atoms with Crippen molar-refractivity contribution in [1.82, 2.24) is 9.97 Å². The topological polar surface area (TPSA) is 59.8 Å². The molecule has 1 aliphatic carbocycles. The van der Waals surface area contributed by atoms with Gasteiger partial charge in [-0.1, -0.05) is 107 Å². The van der Waals surface area contributed by atoms with Crippen LogP contribution in [0.3, 0.4) is 0 Å². The van der Waals surface area contributed by atoms with Crippen LogP contribution in [0, 0.1) is 18.1 Å². The second-order valence-corrected chi connectivity index (χ2v) is 15.4. The minimum atomic E-state index is -0.260. The van der Waals surface area contributed by atoms with Gasteiger partial charge < -0.3 is 14.4 Å². The van der Waals surface area contributed by atoms with E-state index in [9.17, 15) is 0 Å². The summed E-state index contributed by atoms with van der Waals surface area (Å²) in [5.41, 5.74) is 7.87. The number of ether oxygens (including phenoxy) is 2. The van der Waals surface area contributed by atoms with E-state index in [1.165, 1.54) is 43.2 Å². The predicted octanol–water partition coefficient (Wildman–Crippen LogP) is 10.7. The van der Waals surface area contributed by atoms with Gasteiger partial charge in [0.2, 0.25) is 0 Å². The van der Waals surface area contributed by atoms with Crippen molar-refractivity contribution in [2.45, 2.75) is 83.6 Å². The van der Waals surface area contributed by atoms with Gasteiger partial charge in [-0.2, -0.15) is 6.07 Å². The second-order valence-electron chi connectivity index (χ2n) is 15.4. The van der Waals surface area contributed by atoms with Gasteiger partial charge in [0.25, 0.3) is 0 Å². The minimum Gasteiger partial charge on any atom is -0.518 e. The van der Waals surface area contributed by atoms with E-state index in [2.05, 4.69) is 105 Å². The zero-order chi connectivity index (χ0) is 34.5. The van der Waals surface area contributed by atoms with Crippen molar-refractivity contribution in [2.75, 3.05) is 11.5 Å². The summed E-state index contributed by atoms with van der Waals surface area (Å²) in [4.78, 5) is 16.9. The SMILES string of the molecule is CC(C)(C)c1ccnc(N2c3[c-]c(Oc4[c-]c(C5=N[C@H](C6CCCCC6)CO5)cc(-c5ccccn5)c4)ccc3C(C)(C)c3ccccc32)c1.[Pt+2]. The second kappa shape index (κ2) is 14.0. The van der Waals surface area contributed by atoms with Crippen LogP contribution >= 0.6 is 0 Å². The molecular formula is C44H44N4O2Pt. The van der Waals surface area contributed by atoms with Crippen LogP contribution in [0.2, 0.25) is 0 Å². The molecule has 51 heavy (non-hydrogen) atoms. The summed E-state index contributed by atoms with van der Waals surface area (Å²) >= 11 is 0. The van der Waals surface area contributed by atoms with Crippen LogP contribution in [-0.2, 0) is 36.6 Å². The summed E-state index contributed by atoms with van der Waals surface area (Å²) in [5.74, 6) is 3.21. The number of hydrogen-bond acceptors (Lipinski definition) is 6. The molecule has 2 aromatic heterocycles. The monoisotopic (exact) mass is 855 g/mol. The number of rotatable bonds is 6. The normalized spacial score (nSPS) is 18.2. The van der Waals surface area contributed by atoms with Crippen LogP contribution in [0.1, 0.15) is 89.0 Å². The van der Waals surface area contributed by atoms with Crippen molar-refractivity contribution in [1.29, 1.82) is 0 Å². The van der Waals surface area contributed by atoms with E-state index in [4.69, 9.17) is 19.5 Å². The zero-order valence-corrected chi connectivity index (χ0v) is 32.3. The van der Waals surface area contributed by atoms with E-state index < -0.39 is 0 Å². The maximum atomic E-state index is 6.67. The first-order chi connectivity index (χ1) is 24.1. The van der Waals surface area contributed by atoms with E-state index in [1.807, 2.05) is 42.7 Å². The van der Waals surface area contributed by atoms with Gasteiger partial charge >= 0.3 is 21.1 Å². The molecule has 1 atom stereocenters. The van der Waals surface area contributed by atoms with Crippen molar-refractivity contribution in [2.24, 2.45) is 10.9 Å². The first-order valence-corrected chi connectivity index (χ1v) is 18.0. The molecule has 2 aliphatic heterocycles. The molecule has 0 radical (unpaired) electrons. The van der Waals surface area contributed by atoms with E-state index in [0.717, 1.165) is 39.6 Å². The first kappa shape index (κ1) is 35.1. The number of nitrogens with zero attached hydrogens (tertiary/aromatic N) is 4. The van der Waals surface area contributed by atoms with E-state index in [-0.39, 0.29) is 37.9 Å². The van der Waals surface area contributed by atoms with Gasteiger partial charge in [-0.25, -0.2) is 4.98 Å². The van der Waals surface area contributed by atoms with Crippen LogP contribution in [0.5, 0.6) is 11.5 Å². The largest absolute Gasteiger partial charge is 2.00 e. The Morgan fingerprint density at radius 2 is 1.63 bits per heavy atom. The number of hydrogen-bond donors (Lipinski definition) is 0. The standard InChI is InChI=1S/C44H44N4O2.Pt/c1-43(2,3)32-20-22-46-41(26-32)48-39-17-10-9-15-35(39)44(4,5)36-19-18-33(27-40(36)48)50-34-24-30(37-16-11-12-21-45-37)23-31(25-34)42-47-38(28-49-42)29-13-7-6-8-14-29;/h9-12,15-24,26,29,38H,6-8,13-14,28H2,1-5H3;/q-2;+2/t38-;/m0./s1. The van der Waals surface area contributed by atoms with Gasteiger partial charge in [-0.15, -0.1) is 23.8 Å². The van der Waals surface area contributed by atoms with Gasteiger partial charge in [0.05, 0.1) is 18.3 Å². The Morgan fingerprint density at radius 1 is 0.824 bits per heavy atom. The van der Waals surface area contributed by atoms with Crippen LogP contribution in [0.15, 0.2) is 96.2 Å². The maximum absolute atomic E-state index is 6.67. The number of benzene rings is 3. The Bertz CT molecular complexity index is 2060. The Kier molecular flexibility index (Phi) is 9.67. The summed E-state index contributed by atoms with van der Waals surface area (Å²) in [6, 6.07) is 34.4. The van der Waals surface area contributed by atoms with Crippen molar-refractivity contribution in [3.63, 3.8) is 0 Å². The van der Waals surface area contributed by atoms with E-state index >= 15 is 0 Å². The smallest absolute Gasteiger partial charge is 0.518 e. The summed E-state index contributed by atoms with van der Waals surface area (Å²) in [5, 5.41) is 0. The Morgan fingerprint density at radius 3 is 2.41 bits per heavy atom. The Balaban J connectivity index is 0.00000406. The fraction of sp³-hybridized carbons (Fsp3) is 0.341. The maximum Gasteiger partial charge on any atom is 2.00 e. The van der Waals surface area contributed by atoms with Crippen LogP contribution < -0.4 is 9.64 Å². The number of anilines is 3. The fourth-order valence-electron chi connectivity index (χ4n) is 7.72. The fourth-order valence-corrected chi connectivity index (χ4v) is 7.72. The molecule has 0 spiro atoms. The molecule has 0 N–H and O–H groups in total. The number of fused-ring (bicyclic) bond motifs is 2. The van der Waals surface area contributed by atoms with E-state index in [1.54, 1.807) is 0 Å². The summed E-state index contributed by atoms with van der Waals surface area (Å²) in [6.45, 7) is 11.9. The number of aliphatic imine (C=N–C) groups is 1. The molecule has 3 aromatic carbocycles.